The van der Waals surface area contributed by atoms with Gasteiger partial charge in [0.2, 0.25) is 0 Å². The van der Waals surface area contributed by atoms with Crippen molar-refractivity contribution in [2.75, 3.05) is 19.6 Å². The van der Waals surface area contributed by atoms with Gasteiger partial charge in [-0.05, 0) is 78.4 Å². The second kappa shape index (κ2) is 10.7. The highest BCUT2D eigenvalue weighted by molar-refractivity contribution is 5.83. The van der Waals surface area contributed by atoms with Crippen molar-refractivity contribution in [3.8, 4) is 6.07 Å². The highest BCUT2D eigenvalue weighted by Crippen LogP contribution is 2.45. The van der Waals surface area contributed by atoms with E-state index in [1.807, 2.05) is 36.5 Å². The summed E-state index contributed by atoms with van der Waals surface area (Å²) in [5, 5.41) is 10.2. The summed E-state index contributed by atoms with van der Waals surface area (Å²) in [4.78, 5) is 5.39. The van der Waals surface area contributed by atoms with Crippen LogP contribution in [-0.2, 0) is 23.4 Å². The van der Waals surface area contributed by atoms with Crippen LogP contribution in [0.25, 0.3) is 10.9 Å². The van der Waals surface area contributed by atoms with Gasteiger partial charge in [0, 0.05) is 24.7 Å². The van der Waals surface area contributed by atoms with Crippen LogP contribution in [-0.4, -0.2) is 29.5 Å². The van der Waals surface area contributed by atoms with Gasteiger partial charge in [-0.15, -0.1) is 6.58 Å². The van der Waals surface area contributed by atoms with Gasteiger partial charge in [0.05, 0.1) is 23.8 Å². The summed E-state index contributed by atoms with van der Waals surface area (Å²) in [5.74, 6) is -0.525. The SMILES string of the molecule is C=CCN(CCCC1(c2ccc(F)cc2)OCc2cc(C#N)ccc21)CCc1c[nH]c2c(F)cccc12. The fraction of sp³-hybridized carbons (Fsp3) is 0.258. The molecule has 37 heavy (non-hydrogen) atoms. The van der Waals surface area contributed by atoms with E-state index in [0.29, 0.717) is 24.1 Å². The minimum atomic E-state index is -0.689. The summed E-state index contributed by atoms with van der Waals surface area (Å²) >= 11 is 0. The van der Waals surface area contributed by atoms with Crippen LogP contribution in [0.3, 0.4) is 0 Å². The largest absolute Gasteiger partial charge is 0.361 e. The van der Waals surface area contributed by atoms with Crippen molar-refractivity contribution in [2.45, 2.75) is 31.5 Å². The van der Waals surface area contributed by atoms with Crippen molar-refractivity contribution < 1.29 is 13.5 Å². The van der Waals surface area contributed by atoms with E-state index in [4.69, 9.17) is 4.74 Å². The molecule has 0 bridgehead atoms. The van der Waals surface area contributed by atoms with Crippen molar-refractivity contribution in [3.63, 3.8) is 0 Å². The van der Waals surface area contributed by atoms with Crippen LogP contribution in [0.1, 0.15) is 40.7 Å². The topological polar surface area (TPSA) is 52.0 Å². The Hall–Kier alpha value is -3.79. The maximum atomic E-state index is 14.1. The summed E-state index contributed by atoms with van der Waals surface area (Å²) in [6.07, 6.45) is 6.13. The lowest BCUT2D eigenvalue weighted by molar-refractivity contribution is -0.0144. The smallest absolute Gasteiger partial charge is 0.147 e. The van der Waals surface area contributed by atoms with E-state index >= 15 is 0 Å². The second-order valence-electron chi connectivity index (χ2n) is 9.53. The Morgan fingerprint density at radius 1 is 1.11 bits per heavy atom. The van der Waals surface area contributed by atoms with Crippen molar-refractivity contribution in [3.05, 3.63) is 119 Å². The molecule has 188 valence electrons. The van der Waals surface area contributed by atoms with E-state index in [9.17, 15) is 14.0 Å². The Bertz CT molecular complexity index is 1450. The molecule has 0 radical (unpaired) electrons. The molecule has 0 fully saturated rings. The number of para-hydroxylation sites is 1. The first kappa shape index (κ1) is 24.9. The minimum absolute atomic E-state index is 0.239. The first-order chi connectivity index (χ1) is 18.0. The van der Waals surface area contributed by atoms with Gasteiger partial charge in [0.25, 0.3) is 0 Å². The van der Waals surface area contributed by atoms with Gasteiger partial charge in [-0.25, -0.2) is 8.78 Å². The number of H-pyrrole nitrogens is 1. The number of nitrogens with one attached hydrogen (secondary N) is 1. The number of nitrogens with zero attached hydrogens (tertiary/aromatic N) is 2. The van der Waals surface area contributed by atoms with Crippen LogP contribution in [0.5, 0.6) is 0 Å². The number of hydrogen-bond donors (Lipinski definition) is 1. The predicted octanol–water partition coefficient (Wildman–Crippen LogP) is 6.60. The lowest BCUT2D eigenvalue weighted by Crippen LogP contribution is -2.31. The number of aromatic nitrogens is 1. The Morgan fingerprint density at radius 3 is 2.73 bits per heavy atom. The highest BCUT2D eigenvalue weighted by atomic mass is 19.1. The number of ether oxygens (including phenoxy) is 1. The normalized spacial score (nSPS) is 16.7. The van der Waals surface area contributed by atoms with Gasteiger partial charge >= 0.3 is 0 Å². The summed E-state index contributed by atoms with van der Waals surface area (Å²) in [6.45, 7) is 6.70. The van der Waals surface area contributed by atoms with Gasteiger partial charge < -0.3 is 9.72 Å². The molecule has 4 aromatic rings. The molecular weight excluding hydrogens is 468 g/mol. The average molecular weight is 498 g/mol. The van der Waals surface area contributed by atoms with Crippen molar-refractivity contribution in [2.24, 2.45) is 0 Å². The van der Waals surface area contributed by atoms with Gasteiger partial charge in [-0.2, -0.15) is 5.26 Å². The molecule has 0 amide bonds. The van der Waals surface area contributed by atoms with E-state index in [1.165, 1.54) is 18.2 Å². The molecule has 1 aliphatic heterocycles. The van der Waals surface area contributed by atoms with Crippen LogP contribution >= 0.6 is 0 Å². The second-order valence-corrected chi connectivity index (χ2v) is 9.53. The summed E-state index contributed by atoms with van der Waals surface area (Å²) in [6, 6.07) is 19.5. The molecule has 0 spiro atoms. The number of hydrogen-bond acceptors (Lipinski definition) is 3. The van der Waals surface area contributed by atoms with E-state index in [2.05, 4.69) is 22.5 Å². The third kappa shape index (κ3) is 4.93. The lowest BCUT2D eigenvalue weighted by Gasteiger charge is -2.32. The molecule has 1 atom stereocenters. The molecule has 3 aromatic carbocycles. The fourth-order valence-corrected chi connectivity index (χ4v) is 5.45. The van der Waals surface area contributed by atoms with Crippen molar-refractivity contribution >= 4 is 10.9 Å². The standard InChI is InChI=1S/C31H29F2N3O/c1-2-15-36(17-13-23-20-35-30-27(23)5-3-6-29(30)33)16-4-14-31(25-8-10-26(32)11-9-25)28-12-7-22(19-34)18-24(28)21-37-31/h2-3,5-12,18,20,35H,1,4,13-17,21H2. The maximum Gasteiger partial charge on any atom is 0.147 e. The Labute approximate surface area is 215 Å². The molecular formula is C31H29F2N3O. The number of rotatable bonds is 10. The third-order valence-corrected chi connectivity index (χ3v) is 7.29. The summed E-state index contributed by atoms with van der Waals surface area (Å²) in [5.41, 5.74) is 4.50. The molecule has 0 saturated heterocycles. The molecule has 1 unspecified atom stereocenters. The number of nitriles is 1. The van der Waals surface area contributed by atoms with Gasteiger partial charge in [0.15, 0.2) is 0 Å². The third-order valence-electron chi connectivity index (χ3n) is 7.29. The van der Waals surface area contributed by atoms with E-state index in [1.54, 1.807) is 18.2 Å². The zero-order valence-electron chi connectivity index (χ0n) is 20.6. The van der Waals surface area contributed by atoms with Crippen LogP contribution in [0.15, 0.2) is 79.5 Å². The molecule has 6 heteroatoms. The van der Waals surface area contributed by atoms with Crippen LogP contribution in [0.4, 0.5) is 8.78 Å². The first-order valence-corrected chi connectivity index (χ1v) is 12.6. The van der Waals surface area contributed by atoms with Crippen LogP contribution in [0.2, 0.25) is 0 Å². The van der Waals surface area contributed by atoms with Gasteiger partial charge in [-0.1, -0.05) is 36.4 Å². The molecule has 1 N–H and O–H groups in total. The Balaban J connectivity index is 1.32. The molecule has 1 aliphatic rings. The minimum Gasteiger partial charge on any atom is -0.361 e. The van der Waals surface area contributed by atoms with Crippen molar-refractivity contribution in [1.29, 1.82) is 5.26 Å². The zero-order valence-corrected chi connectivity index (χ0v) is 20.6. The summed E-state index contributed by atoms with van der Waals surface area (Å²) in [7, 11) is 0. The molecule has 4 nitrogen and oxygen atoms in total. The predicted molar refractivity (Wildman–Crippen MR) is 141 cm³/mol. The van der Waals surface area contributed by atoms with Crippen molar-refractivity contribution in [1.82, 2.24) is 9.88 Å². The lowest BCUT2D eigenvalue weighted by atomic mass is 9.81. The molecule has 2 heterocycles. The monoisotopic (exact) mass is 497 g/mol. The number of halogens is 2. The average Bonchev–Trinajstić information content (AvgIpc) is 3.50. The van der Waals surface area contributed by atoms with Gasteiger partial charge in [0.1, 0.15) is 17.2 Å². The molecule has 5 rings (SSSR count). The molecule has 0 saturated carbocycles. The first-order valence-electron chi connectivity index (χ1n) is 12.6. The van der Waals surface area contributed by atoms with Crippen LogP contribution in [0, 0.1) is 23.0 Å². The Morgan fingerprint density at radius 2 is 1.95 bits per heavy atom. The Kier molecular flexibility index (Phi) is 7.18. The fourth-order valence-electron chi connectivity index (χ4n) is 5.45. The van der Waals surface area contributed by atoms with E-state index in [-0.39, 0.29) is 11.6 Å². The van der Waals surface area contributed by atoms with E-state index < -0.39 is 5.60 Å². The van der Waals surface area contributed by atoms with E-state index in [0.717, 1.165) is 60.1 Å². The molecule has 0 aliphatic carbocycles. The van der Waals surface area contributed by atoms with Crippen LogP contribution < -0.4 is 0 Å². The number of benzene rings is 3. The van der Waals surface area contributed by atoms with Gasteiger partial charge in [-0.3, -0.25) is 4.90 Å². The quantitative estimate of drug-likeness (QED) is 0.251. The number of fused-ring (bicyclic) bond motifs is 2. The zero-order chi connectivity index (χ0) is 25.8. The number of aromatic amines is 1. The maximum absolute atomic E-state index is 14.1. The highest BCUT2D eigenvalue weighted by Gasteiger charge is 2.41. The molecule has 1 aromatic heterocycles. The summed E-state index contributed by atoms with van der Waals surface area (Å²) < 4.78 is 34.3.